The van der Waals surface area contributed by atoms with Crippen LogP contribution in [0, 0.1) is 0 Å². The SMILES string of the molecule is CC1=C(C(=O)O)C(c2ccccc2Cl)C(C(=O)OC(C)C)=C(C)N1CC(=O)NCCc1ccccc1. The van der Waals surface area contributed by atoms with E-state index in [0.29, 0.717) is 34.9 Å². The third-order valence-electron chi connectivity index (χ3n) is 6.06. The van der Waals surface area contributed by atoms with Gasteiger partial charge in [0.05, 0.1) is 23.2 Å². The minimum absolute atomic E-state index is 0.0264. The van der Waals surface area contributed by atoms with Gasteiger partial charge in [-0.2, -0.15) is 0 Å². The lowest BCUT2D eigenvalue weighted by atomic mass is 9.79. The number of rotatable bonds is 9. The summed E-state index contributed by atoms with van der Waals surface area (Å²) in [4.78, 5) is 40.2. The Kier molecular flexibility index (Phi) is 8.93. The first-order valence-corrected chi connectivity index (χ1v) is 12.2. The van der Waals surface area contributed by atoms with Crippen LogP contribution >= 0.6 is 11.6 Å². The number of nitrogens with zero attached hydrogens (tertiary/aromatic N) is 1. The highest BCUT2D eigenvalue weighted by Gasteiger charge is 2.41. The molecular weight excluding hydrogens is 480 g/mol. The van der Waals surface area contributed by atoms with Gasteiger partial charge < -0.3 is 20.1 Å². The van der Waals surface area contributed by atoms with Gasteiger partial charge in [0.25, 0.3) is 0 Å². The van der Waals surface area contributed by atoms with Crippen LogP contribution in [0.25, 0.3) is 0 Å². The Labute approximate surface area is 216 Å². The average molecular weight is 511 g/mol. The second-order valence-electron chi connectivity index (χ2n) is 8.88. The van der Waals surface area contributed by atoms with Crippen LogP contribution in [-0.2, 0) is 25.5 Å². The third kappa shape index (κ3) is 6.15. The smallest absolute Gasteiger partial charge is 0.337 e. The number of carboxylic acids is 1. The lowest BCUT2D eigenvalue weighted by Crippen LogP contribution is -2.41. The van der Waals surface area contributed by atoms with E-state index in [4.69, 9.17) is 16.3 Å². The number of halogens is 1. The van der Waals surface area contributed by atoms with Crippen LogP contribution in [0.15, 0.2) is 77.1 Å². The minimum atomic E-state index is -1.20. The van der Waals surface area contributed by atoms with Crippen molar-refractivity contribution in [3.63, 3.8) is 0 Å². The van der Waals surface area contributed by atoms with E-state index in [9.17, 15) is 19.5 Å². The highest BCUT2D eigenvalue weighted by molar-refractivity contribution is 6.31. The fourth-order valence-corrected chi connectivity index (χ4v) is 4.62. The Morgan fingerprint density at radius 3 is 2.22 bits per heavy atom. The van der Waals surface area contributed by atoms with Crippen LogP contribution < -0.4 is 5.32 Å². The highest BCUT2D eigenvalue weighted by Crippen LogP contribution is 2.44. The molecule has 1 heterocycles. The molecule has 0 fully saturated rings. The molecule has 7 nitrogen and oxygen atoms in total. The van der Waals surface area contributed by atoms with E-state index in [1.165, 1.54) is 0 Å². The van der Waals surface area contributed by atoms with Crippen LogP contribution in [0.5, 0.6) is 0 Å². The molecular formula is C28H31ClN2O5. The number of hydrogen-bond acceptors (Lipinski definition) is 5. The summed E-state index contributed by atoms with van der Waals surface area (Å²) in [6.45, 7) is 7.06. The van der Waals surface area contributed by atoms with Gasteiger partial charge in [-0.1, -0.05) is 60.1 Å². The minimum Gasteiger partial charge on any atom is -0.478 e. The molecule has 2 aromatic rings. The number of amides is 1. The predicted octanol–water partition coefficient (Wildman–Crippen LogP) is 4.68. The molecule has 1 aliphatic heterocycles. The van der Waals surface area contributed by atoms with Crippen molar-refractivity contribution in [2.24, 2.45) is 0 Å². The van der Waals surface area contributed by atoms with Gasteiger partial charge in [-0.15, -0.1) is 0 Å². The fourth-order valence-electron chi connectivity index (χ4n) is 4.37. The third-order valence-corrected chi connectivity index (χ3v) is 6.40. The van der Waals surface area contributed by atoms with E-state index < -0.39 is 24.0 Å². The number of hydrogen-bond donors (Lipinski definition) is 2. The summed E-state index contributed by atoms with van der Waals surface area (Å²) in [5, 5.41) is 13.4. The molecule has 0 aromatic heterocycles. The van der Waals surface area contributed by atoms with E-state index in [1.54, 1.807) is 56.9 Å². The number of carbonyl (C=O) groups excluding carboxylic acids is 2. The number of esters is 1. The van der Waals surface area contributed by atoms with Crippen molar-refractivity contribution in [3.8, 4) is 0 Å². The number of nitrogens with one attached hydrogen (secondary N) is 1. The van der Waals surface area contributed by atoms with Gasteiger partial charge >= 0.3 is 11.9 Å². The van der Waals surface area contributed by atoms with Crippen molar-refractivity contribution in [3.05, 3.63) is 93.3 Å². The highest BCUT2D eigenvalue weighted by atomic mass is 35.5. The number of benzene rings is 2. The maximum atomic E-state index is 13.3. The summed E-state index contributed by atoms with van der Waals surface area (Å²) in [5.41, 5.74) is 2.52. The summed E-state index contributed by atoms with van der Waals surface area (Å²) in [7, 11) is 0. The lowest BCUT2D eigenvalue weighted by molar-refractivity contribution is -0.143. The molecule has 0 aliphatic carbocycles. The summed E-state index contributed by atoms with van der Waals surface area (Å²) in [6, 6.07) is 16.6. The first-order valence-electron chi connectivity index (χ1n) is 11.8. The molecule has 1 unspecified atom stereocenters. The molecule has 0 bridgehead atoms. The molecule has 36 heavy (non-hydrogen) atoms. The number of ether oxygens (including phenoxy) is 1. The largest absolute Gasteiger partial charge is 0.478 e. The Balaban J connectivity index is 1.97. The number of aliphatic carboxylic acids is 1. The van der Waals surface area contributed by atoms with Crippen LogP contribution in [-0.4, -0.2) is 47.0 Å². The van der Waals surface area contributed by atoms with Gasteiger partial charge in [-0.05, 0) is 51.3 Å². The zero-order valence-corrected chi connectivity index (χ0v) is 21.6. The van der Waals surface area contributed by atoms with Crippen molar-refractivity contribution < 1.29 is 24.2 Å². The molecule has 1 atom stereocenters. The number of allylic oxidation sites excluding steroid dienone is 2. The van der Waals surface area contributed by atoms with E-state index >= 15 is 0 Å². The van der Waals surface area contributed by atoms with E-state index in [-0.39, 0.29) is 23.6 Å². The van der Waals surface area contributed by atoms with Crippen molar-refractivity contribution in [1.82, 2.24) is 10.2 Å². The molecule has 3 rings (SSSR count). The van der Waals surface area contributed by atoms with Gasteiger partial charge in [-0.25, -0.2) is 9.59 Å². The van der Waals surface area contributed by atoms with E-state index in [0.717, 1.165) is 5.56 Å². The molecule has 0 radical (unpaired) electrons. The number of carboxylic acid groups (broad SMARTS) is 1. The topological polar surface area (TPSA) is 95.9 Å². The first kappa shape index (κ1) is 27.0. The van der Waals surface area contributed by atoms with Gasteiger partial charge in [0, 0.05) is 23.0 Å². The summed E-state index contributed by atoms with van der Waals surface area (Å²) in [6.07, 6.45) is 0.247. The Hall–Kier alpha value is -3.58. The quantitative estimate of drug-likeness (QED) is 0.475. The molecule has 1 aliphatic rings. The second-order valence-corrected chi connectivity index (χ2v) is 9.29. The molecule has 0 saturated heterocycles. The molecule has 1 amide bonds. The second kappa shape index (κ2) is 11.9. The van der Waals surface area contributed by atoms with Gasteiger partial charge in [0.2, 0.25) is 5.91 Å². The van der Waals surface area contributed by atoms with Gasteiger partial charge in [0.1, 0.15) is 6.54 Å². The van der Waals surface area contributed by atoms with Crippen LogP contribution in [0.4, 0.5) is 0 Å². The molecule has 2 N–H and O–H groups in total. The van der Waals surface area contributed by atoms with Gasteiger partial charge in [-0.3, -0.25) is 4.79 Å². The van der Waals surface area contributed by atoms with Crippen LogP contribution in [0.1, 0.15) is 44.7 Å². The van der Waals surface area contributed by atoms with E-state index in [1.807, 2.05) is 30.3 Å². The van der Waals surface area contributed by atoms with Crippen LogP contribution in [0.3, 0.4) is 0 Å². The molecule has 190 valence electrons. The zero-order valence-electron chi connectivity index (χ0n) is 20.9. The first-order chi connectivity index (χ1) is 17.1. The van der Waals surface area contributed by atoms with E-state index in [2.05, 4.69) is 5.32 Å². The van der Waals surface area contributed by atoms with Crippen molar-refractivity contribution in [1.29, 1.82) is 0 Å². The molecule has 8 heteroatoms. The maximum Gasteiger partial charge on any atom is 0.337 e. The molecule has 0 saturated carbocycles. The fraction of sp³-hybridized carbons (Fsp3) is 0.321. The molecule has 2 aromatic carbocycles. The zero-order chi connectivity index (χ0) is 26.4. The lowest BCUT2D eigenvalue weighted by Gasteiger charge is -2.37. The Bertz CT molecular complexity index is 1200. The average Bonchev–Trinajstić information content (AvgIpc) is 2.81. The van der Waals surface area contributed by atoms with Crippen molar-refractivity contribution in [2.45, 2.75) is 46.1 Å². The summed E-state index contributed by atoms with van der Waals surface area (Å²) < 4.78 is 5.50. The standard InChI is InChI=1S/C28H31ClN2O5/c1-17(2)36-28(35)25-19(4)31(16-23(32)30-15-14-20-10-6-5-7-11-20)18(3)24(27(33)34)26(25)21-12-8-9-13-22(21)29/h5-13,17,26H,14-16H2,1-4H3,(H,30,32)(H,33,34). The Morgan fingerprint density at radius 2 is 1.61 bits per heavy atom. The summed E-state index contributed by atoms with van der Waals surface area (Å²) in [5.74, 6) is -3.08. The van der Waals surface area contributed by atoms with Crippen molar-refractivity contribution >= 4 is 29.4 Å². The molecule has 0 spiro atoms. The number of carbonyl (C=O) groups is 3. The Morgan fingerprint density at radius 1 is 1.00 bits per heavy atom. The summed E-state index contributed by atoms with van der Waals surface area (Å²) >= 11 is 6.46. The predicted molar refractivity (Wildman–Crippen MR) is 138 cm³/mol. The van der Waals surface area contributed by atoms with Crippen LogP contribution in [0.2, 0.25) is 5.02 Å². The maximum absolute atomic E-state index is 13.3. The monoisotopic (exact) mass is 510 g/mol. The normalized spacial score (nSPS) is 15.8. The van der Waals surface area contributed by atoms with Crippen molar-refractivity contribution in [2.75, 3.05) is 13.1 Å². The van der Waals surface area contributed by atoms with Gasteiger partial charge in [0.15, 0.2) is 0 Å².